The van der Waals surface area contributed by atoms with Crippen LogP contribution in [0.2, 0.25) is 0 Å². The van der Waals surface area contributed by atoms with Gasteiger partial charge < -0.3 is 4.57 Å². The van der Waals surface area contributed by atoms with Gasteiger partial charge in [0.25, 0.3) is 0 Å². The van der Waals surface area contributed by atoms with Gasteiger partial charge in [-0.1, -0.05) is 146 Å². The molecule has 1 aromatic heterocycles. The third kappa shape index (κ3) is 5.74. The molecule has 41 heavy (non-hydrogen) atoms. The van der Waals surface area contributed by atoms with Crippen molar-refractivity contribution in [1.29, 1.82) is 0 Å². The first-order valence-corrected chi connectivity index (χ1v) is 17.0. The van der Waals surface area contributed by atoms with E-state index in [1.54, 1.807) is 0 Å². The highest BCUT2D eigenvalue weighted by atomic mass is 32.1. The lowest BCUT2D eigenvalue weighted by atomic mass is 9.58. The lowest BCUT2D eigenvalue weighted by molar-refractivity contribution is 0.889. The molecule has 0 atom stereocenters. The number of nitrogens with zero attached hydrogens (tertiary/aromatic N) is 2. The van der Waals surface area contributed by atoms with Crippen molar-refractivity contribution in [1.82, 2.24) is 9.55 Å². The lowest BCUT2D eigenvalue weighted by Crippen LogP contribution is -2.70. The van der Waals surface area contributed by atoms with E-state index in [9.17, 15) is 0 Å². The van der Waals surface area contributed by atoms with E-state index in [1.807, 2.05) is 6.20 Å². The molecule has 1 heterocycles. The summed E-state index contributed by atoms with van der Waals surface area (Å²) in [5.41, 5.74) is 4.96. The topological polar surface area (TPSA) is 17.8 Å². The molecule has 0 fully saturated rings. The predicted octanol–water partition coefficient (Wildman–Crippen LogP) is 4.87. The van der Waals surface area contributed by atoms with Crippen molar-refractivity contribution in [2.75, 3.05) is 0 Å². The summed E-state index contributed by atoms with van der Waals surface area (Å²) in [6.07, 6.45) is 5.02. The molecule has 0 amide bonds. The Hall–Kier alpha value is -4.06. The molecule has 0 aliphatic heterocycles. The van der Waals surface area contributed by atoms with Gasteiger partial charge in [-0.25, -0.2) is 0 Å². The van der Waals surface area contributed by atoms with Crippen LogP contribution in [-0.4, -0.2) is 24.9 Å². The average Bonchev–Trinajstić information content (AvgIpc) is 3.50. The minimum atomic E-state index is -2.51. The van der Waals surface area contributed by atoms with Gasteiger partial charge in [-0.05, 0) is 38.1 Å². The zero-order valence-electron chi connectivity index (χ0n) is 23.1. The fourth-order valence-electron chi connectivity index (χ4n) is 6.02. The number of hydrogen-bond donors (Lipinski definition) is 1. The van der Waals surface area contributed by atoms with Crippen LogP contribution in [-0.2, 0) is 11.9 Å². The third-order valence-corrected chi connectivity index (χ3v) is 13.3. The fraction of sp³-hybridized carbons (Fsp3) is 0.0833. The normalized spacial score (nSPS) is 11.5. The van der Waals surface area contributed by atoms with Gasteiger partial charge in [0.05, 0.1) is 5.72 Å². The maximum Gasteiger partial charge on any atom is 0.217 e. The Morgan fingerprint density at radius 2 is 1.07 bits per heavy atom. The number of rotatable bonds is 10. The van der Waals surface area contributed by atoms with Crippen LogP contribution in [0, 0.1) is 0 Å². The van der Waals surface area contributed by atoms with E-state index in [-0.39, 0.29) is 5.82 Å². The van der Waals surface area contributed by atoms with Gasteiger partial charge in [0.1, 0.15) is 0 Å². The summed E-state index contributed by atoms with van der Waals surface area (Å²) in [5.74, 6) is 0.954. The van der Waals surface area contributed by atoms with Crippen LogP contribution in [0.4, 0.5) is 0 Å². The second-order valence-electron chi connectivity index (χ2n) is 10.5. The number of hydrogen-bond acceptors (Lipinski definition) is 2. The Bertz CT molecular complexity index is 1580. The Kier molecular flexibility index (Phi) is 8.36. The summed E-state index contributed by atoms with van der Waals surface area (Å²) in [6.45, 7) is 0. The van der Waals surface area contributed by atoms with Crippen molar-refractivity contribution < 1.29 is 0 Å². The van der Waals surface area contributed by atoms with Crippen LogP contribution in [0.15, 0.2) is 158 Å². The fourth-order valence-corrected chi connectivity index (χ4v) is 10.8. The molecule has 200 valence electrons. The average molecular weight is 565 g/mol. The standard InChI is InChI=1S/C36H33BN2SSi/c40-27-29-21-23-34(24-22-29)41(32-17-9-3-10-18-32,33-19-11-4-12-20-33)28-39-26-25-38-36(39)37-35(30-13-5-1-6-14-30)31-15-7-2-8-16-31/h1-26,35,37,40H,27-28H2. The number of thiol groups is 1. The quantitative estimate of drug-likeness (QED) is 0.143. The molecule has 0 saturated heterocycles. The van der Waals surface area contributed by atoms with Crippen LogP contribution in [0.3, 0.4) is 0 Å². The Balaban J connectivity index is 1.48. The Labute approximate surface area is 250 Å². The van der Waals surface area contributed by atoms with Crippen molar-refractivity contribution in [3.8, 4) is 0 Å². The zero-order chi connectivity index (χ0) is 27.9. The molecule has 0 spiro atoms. The van der Waals surface area contributed by atoms with E-state index < -0.39 is 8.07 Å². The first-order chi connectivity index (χ1) is 20.3. The molecular formula is C36H33BN2SSi. The van der Waals surface area contributed by atoms with E-state index in [0.717, 1.165) is 24.9 Å². The minimum Gasteiger partial charge on any atom is -0.345 e. The number of imidazole rings is 1. The second kappa shape index (κ2) is 12.6. The molecule has 5 heteroatoms. The van der Waals surface area contributed by atoms with Crippen LogP contribution < -0.4 is 21.3 Å². The number of benzene rings is 5. The van der Waals surface area contributed by atoms with Gasteiger partial charge >= 0.3 is 0 Å². The zero-order valence-corrected chi connectivity index (χ0v) is 24.9. The Morgan fingerprint density at radius 3 is 1.56 bits per heavy atom. The molecule has 2 nitrogen and oxygen atoms in total. The van der Waals surface area contributed by atoms with Crippen LogP contribution >= 0.6 is 12.6 Å². The van der Waals surface area contributed by atoms with Gasteiger partial charge in [0, 0.05) is 24.3 Å². The summed E-state index contributed by atoms with van der Waals surface area (Å²) < 4.78 is 2.43. The van der Waals surface area contributed by atoms with Crippen molar-refractivity contribution in [2.24, 2.45) is 0 Å². The molecule has 0 aliphatic carbocycles. The summed E-state index contributed by atoms with van der Waals surface area (Å²) in [6, 6.07) is 53.0. The Morgan fingerprint density at radius 1 is 0.610 bits per heavy atom. The lowest BCUT2D eigenvalue weighted by Gasteiger charge is -2.35. The van der Waals surface area contributed by atoms with Crippen LogP contribution in [0.1, 0.15) is 22.5 Å². The summed E-state index contributed by atoms with van der Waals surface area (Å²) >= 11 is 4.53. The minimum absolute atomic E-state index is 0.220. The first-order valence-electron chi connectivity index (χ1n) is 14.2. The van der Waals surface area contributed by atoms with E-state index in [2.05, 4.69) is 169 Å². The largest absolute Gasteiger partial charge is 0.345 e. The third-order valence-electron chi connectivity index (χ3n) is 8.16. The second-order valence-corrected chi connectivity index (χ2v) is 14.7. The molecule has 6 aromatic rings. The molecule has 0 bridgehead atoms. The molecule has 0 aliphatic rings. The summed E-state index contributed by atoms with van der Waals surface area (Å²) in [5, 5.41) is 4.18. The van der Waals surface area contributed by atoms with E-state index in [4.69, 9.17) is 4.98 Å². The van der Waals surface area contributed by atoms with Crippen LogP contribution in [0.25, 0.3) is 0 Å². The monoisotopic (exact) mass is 564 g/mol. The maximum absolute atomic E-state index is 4.97. The van der Waals surface area contributed by atoms with E-state index >= 15 is 0 Å². The molecule has 5 aromatic carbocycles. The highest BCUT2D eigenvalue weighted by Crippen LogP contribution is 2.23. The van der Waals surface area contributed by atoms with Gasteiger partial charge in [-0.3, -0.25) is 4.98 Å². The highest BCUT2D eigenvalue weighted by molar-refractivity contribution is 7.79. The molecule has 0 radical (unpaired) electrons. The van der Waals surface area contributed by atoms with E-state index in [1.165, 1.54) is 32.3 Å². The summed E-state index contributed by atoms with van der Waals surface area (Å²) in [7, 11) is -1.68. The van der Waals surface area contributed by atoms with Gasteiger partial charge in [-0.15, -0.1) is 0 Å². The van der Waals surface area contributed by atoms with Crippen LogP contribution in [0.5, 0.6) is 0 Å². The van der Waals surface area contributed by atoms with Gasteiger partial charge in [-0.2, -0.15) is 12.6 Å². The summed E-state index contributed by atoms with van der Waals surface area (Å²) in [4.78, 5) is 4.97. The molecular weight excluding hydrogens is 531 g/mol. The smallest absolute Gasteiger partial charge is 0.217 e. The molecule has 0 saturated carbocycles. The van der Waals surface area contributed by atoms with Crippen molar-refractivity contribution in [3.63, 3.8) is 0 Å². The molecule has 0 unspecified atom stereocenters. The highest BCUT2D eigenvalue weighted by Gasteiger charge is 2.40. The predicted molar refractivity (Wildman–Crippen MR) is 180 cm³/mol. The van der Waals surface area contributed by atoms with E-state index in [0.29, 0.717) is 0 Å². The van der Waals surface area contributed by atoms with Gasteiger partial charge in [0.15, 0.2) is 8.07 Å². The molecule has 6 rings (SSSR count). The number of aromatic nitrogens is 2. The van der Waals surface area contributed by atoms with Crippen molar-refractivity contribution >= 4 is 49.3 Å². The first kappa shape index (κ1) is 27.1. The SMILES string of the molecule is SCc1ccc([Si](Cn2ccnc2BC(c2ccccc2)c2ccccc2)(c2ccccc2)c2ccccc2)cc1. The van der Waals surface area contributed by atoms with Crippen molar-refractivity contribution in [3.05, 3.63) is 175 Å². The van der Waals surface area contributed by atoms with Gasteiger partial charge in [0.2, 0.25) is 7.28 Å². The molecule has 0 N–H and O–H groups in total. The maximum atomic E-state index is 4.97. The van der Waals surface area contributed by atoms with Crippen molar-refractivity contribution in [2.45, 2.75) is 17.7 Å².